The Balaban J connectivity index is 0.000000174. The smallest absolute Gasteiger partial charge is 0.410 e. The van der Waals surface area contributed by atoms with E-state index >= 15 is 0 Å². The number of thiazole rings is 2. The number of benzene rings is 2. The third kappa shape index (κ3) is 8.18. The van der Waals surface area contributed by atoms with Gasteiger partial charge < -0.3 is 15.0 Å². The number of halogens is 2. The Morgan fingerprint density at radius 2 is 1.32 bits per heavy atom. The molecule has 2 aliphatic rings. The Morgan fingerprint density at radius 3 is 1.73 bits per heavy atom. The molecule has 1 amide bonds. The van der Waals surface area contributed by atoms with Gasteiger partial charge in [-0.2, -0.15) is 0 Å². The molecule has 0 aliphatic carbocycles. The molecule has 0 unspecified atom stereocenters. The molecule has 2 aromatic carbocycles. The molecule has 2 saturated heterocycles. The van der Waals surface area contributed by atoms with Crippen LogP contribution in [0.4, 0.5) is 13.6 Å². The maximum atomic E-state index is 13.0. The molecule has 41 heavy (non-hydrogen) atoms. The van der Waals surface area contributed by atoms with Gasteiger partial charge in [0.25, 0.3) is 0 Å². The summed E-state index contributed by atoms with van der Waals surface area (Å²) in [6.07, 6.45) is 1.66. The van der Waals surface area contributed by atoms with Crippen LogP contribution in [0.1, 0.15) is 30.8 Å². The van der Waals surface area contributed by atoms with Gasteiger partial charge in [0.15, 0.2) is 0 Å². The van der Waals surface area contributed by atoms with Crippen LogP contribution in [0.5, 0.6) is 0 Å². The molecule has 2 fully saturated rings. The number of rotatable bonds is 6. The molecule has 0 radical (unpaired) electrons. The van der Waals surface area contributed by atoms with E-state index < -0.39 is 5.60 Å². The second-order valence-corrected chi connectivity index (χ2v) is 13.3. The van der Waals surface area contributed by atoms with Crippen molar-refractivity contribution in [2.24, 2.45) is 11.8 Å². The highest BCUT2D eigenvalue weighted by Gasteiger charge is 2.34. The predicted molar refractivity (Wildman–Crippen MR) is 160 cm³/mol. The first-order valence-electron chi connectivity index (χ1n) is 13.7. The Labute approximate surface area is 247 Å². The van der Waals surface area contributed by atoms with Crippen LogP contribution < -0.4 is 5.32 Å². The van der Waals surface area contributed by atoms with Crippen molar-refractivity contribution < 1.29 is 18.3 Å². The number of likely N-dealkylation sites (tertiary alicyclic amines) is 1. The highest BCUT2D eigenvalue weighted by Crippen LogP contribution is 2.28. The Bertz CT molecular complexity index is 1440. The van der Waals surface area contributed by atoms with E-state index in [9.17, 15) is 13.6 Å². The minimum atomic E-state index is -0.457. The number of aromatic nitrogens is 2. The molecule has 6 nitrogen and oxygen atoms in total. The number of carbonyl (C=O) groups is 1. The summed E-state index contributed by atoms with van der Waals surface area (Å²) in [6.45, 7) is 9.23. The molecular weight excluding hydrogens is 562 g/mol. The van der Waals surface area contributed by atoms with Gasteiger partial charge in [0.05, 0.1) is 21.4 Å². The lowest BCUT2D eigenvalue weighted by Crippen LogP contribution is -2.52. The fourth-order valence-corrected chi connectivity index (χ4v) is 6.32. The molecule has 0 spiro atoms. The fourth-order valence-electron chi connectivity index (χ4n) is 4.48. The third-order valence-electron chi connectivity index (χ3n) is 6.78. The summed E-state index contributed by atoms with van der Waals surface area (Å²) in [5, 5.41) is 9.53. The van der Waals surface area contributed by atoms with E-state index in [4.69, 9.17) is 4.74 Å². The molecule has 0 bridgehead atoms. The van der Waals surface area contributed by atoms with Crippen molar-refractivity contribution in [1.82, 2.24) is 20.2 Å². The molecule has 4 heterocycles. The van der Waals surface area contributed by atoms with Gasteiger partial charge in [-0.15, -0.1) is 22.7 Å². The zero-order chi connectivity index (χ0) is 29.0. The Morgan fingerprint density at radius 1 is 0.854 bits per heavy atom. The summed E-state index contributed by atoms with van der Waals surface area (Å²) < 4.78 is 31.1. The first-order chi connectivity index (χ1) is 19.6. The largest absolute Gasteiger partial charge is 0.444 e. The molecule has 2 aliphatic heterocycles. The maximum Gasteiger partial charge on any atom is 0.410 e. The van der Waals surface area contributed by atoms with Crippen LogP contribution in [0.3, 0.4) is 0 Å². The van der Waals surface area contributed by atoms with Crippen molar-refractivity contribution in [3.8, 4) is 22.5 Å². The standard InChI is InChI=1S/C18H21FN2O2S.C13H13FN2S/c1-18(2,3)23-17(22)21-9-12(10-21)8-16-20-15(11-24-16)13-4-6-14(19)7-5-13;14-11-3-1-10(2-4-11)12-8-17-13(16-12)5-9-6-15-7-9/h4-7,11-12H,8-10H2,1-3H3;1-4,8-9,15H,5-7H2. The van der Waals surface area contributed by atoms with Gasteiger partial charge >= 0.3 is 6.09 Å². The number of carbonyl (C=O) groups excluding carboxylic acids is 1. The second-order valence-electron chi connectivity index (χ2n) is 11.5. The van der Waals surface area contributed by atoms with Crippen LogP contribution in [-0.4, -0.2) is 52.7 Å². The number of ether oxygens (including phenoxy) is 1. The highest BCUT2D eigenvalue weighted by atomic mass is 32.1. The summed E-state index contributed by atoms with van der Waals surface area (Å²) in [7, 11) is 0. The molecule has 216 valence electrons. The number of hydrogen-bond donors (Lipinski definition) is 1. The molecule has 0 saturated carbocycles. The van der Waals surface area contributed by atoms with Gasteiger partial charge in [0, 0.05) is 53.7 Å². The van der Waals surface area contributed by atoms with E-state index in [0.717, 1.165) is 59.4 Å². The minimum absolute atomic E-state index is 0.204. The van der Waals surface area contributed by atoms with Crippen LogP contribution in [0, 0.1) is 23.5 Å². The zero-order valence-electron chi connectivity index (χ0n) is 23.4. The molecule has 1 N–H and O–H groups in total. The van der Waals surface area contributed by atoms with Gasteiger partial charge in [-0.05, 0) is 88.3 Å². The highest BCUT2D eigenvalue weighted by molar-refractivity contribution is 7.10. The van der Waals surface area contributed by atoms with Crippen molar-refractivity contribution in [3.63, 3.8) is 0 Å². The molecule has 4 aromatic rings. The monoisotopic (exact) mass is 596 g/mol. The van der Waals surface area contributed by atoms with Crippen LogP contribution in [0.15, 0.2) is 59.3 Å². The summed E-state index contributed by atoms with van der Waals surface area (Å²) in [6, 6.07) is 12.9. The van der Waals surface area contributed by atoms with E-state index in [1.165, 1.54) is 29.3 Å². The van der Waals surface area contributed by atoms with E-state index in [1.807, 2.05) is 26.2 Å². The van der Waals surface area contributed by atoms with Gasteiger partial charge in [-0.25, -0.2) is 23.5 Å². The molecule has 6 rings (SSSR count). The van der Waals surface area contributed by atoms with Crippen LogP contribution in [-0.2, 0) is 17.6 Å². The second kappa shape index (κ2) is 12.8. The van der Waals surface area contributed by atoms with Gasteiger partial charge in [0.2, 0.25) is 0 Å². The minimum Gasteiger partial charge on any atom is -0.444 e. The van der Waals surface area contributed by atoms with Crippen molar-refractivity contribution in [2.75, 3.05) is 26.2 Å². The first-order valence-corrected chi connectivity index (χ1v) is 15.5. The first kappa shape index (κ1) is 29.3. The number of nitrogens with zero attached hydrogens (tertiary/aromatic N) is 3. The normalized spacial score (nSPS) is 15.5. The van der Waals surface area contributed by atoms with E-state index in [0.29, 0.717) is 19.0 Å². The van der Waals surface area contributed by atoms with Crippen molar-refractivity contribution in [1.29, 1.82) is 0 Å². The molecule has 2 aromatic heterocycles. The van der Waals surface area contributed by atoms with E-state index in [2.05, 4.69) is 20.7 Å². The van der Waals surface area contributed by atoms with Crippen molar-refractivity contribution >= 4 is 28.8 Å². The maximum absolute atomic E-state index is 13.0. The Kier molecular flexibility index (Phi) is 9.11. The predicted octanol–water partition coefficient (Wildman–Crippen LogP) is 7.07. The average molecular weight is 597 g/mol. The van der Waals surface area contributed by atoms with Gasteiger partial charge in [0.1, 0.15) is 17.2 Å². The van der Waals surface area contributed by atoms with E-state index in [1.54, 1.807) is 51.8 Å². The number of amides is 1. The third-order valence-corrected chi connectivity index (χ3v) is 8.53. The zero-order valence-corrected chi connectivity index (χ0v) is 25.0. The molecule has 0 atom stereocenters. The van der Waals surface area contributed by atoms with Crippen molar-refractivity contribution in [3.05, 3.63) is 80.9 Å². The number of nitrogens with one attached hydrogen (secondary N) is 1. The number of hydrogen-bond acceptors (Lipinski definition) is 7. The lowest BCUT2D eigenvalue weighted by molar-refractivity contribution is -0.000886. The van der Waals surface area contributed by atoms with Crippen molar-refractivity contribution in [2.45, 2.75) is 39.2 Å². The topological polar surface area (TPSA) is 67.3 Å². The average Bonchev–Trinajstić information content (AvgIpc) is 3.54. The van der Waals surface area contributed by atoms with Crippen LogP contribution >= 0.6 is 22.7 Å². The quantitative estimate of drug-likeness (QED) is 0.258. The summed E-state index contributed by atoms with van der Waals surface area (Å²) in [4.78, 5) is 22.9. The van der Waals surface area contributed by atoms with Crippen LogP contribution in [0.25, 0.3) is 22.5 Å². The lowest BCUT2D eigenvalue weighted by atomic mass is 9.97. The van der Waals surface area contributed by atoms with Crippen LogP contribution in [0.2, 0.25) is 0 Å². The fraction of sp³-hybridized carbons (Fsp3) is 0.387. The van der Waals surface area contributed by atoms with Gasteiger partial charge in [-0.1, -0.05) is 0 Å². The van der Waals surface area contributed by atoms with Gasteiger partial charge in [-0.3, -0.25) is 0 Å². The summed E-state index contributed by atoms with van der Waals surface area (Å²) in [5.41, 5.74) is 3.28. The summed E-state index contributed by atoms with van der Waals surface area (Å²) >= 11 is 3.30. The van der Waals surface area contributed by atoms with E-state index in [-0.39, 0.29) is 17.7 Å². The Hall–Kier alpha value is -3.21. The lowest BCUT2D eigenvalue weighted by Gasteiger charge is -2.39. The SMILES string of the molecule is CC(C)(C)OC(=O)N1CC(Cc2nc(-c3ccc(F)cc3)cs2)C1.Fc1ccc(-c2csc(CC3CNC3)n2)cc1. The molecule has 10 heteroatoms. The summed E-state index contributed by atoms with van der Waals surface area (Å²) in [5.74, 6) is 0.711. The molecular formula is C31H34F2N4O2S2.